The average molecular weight is 534 g/mol. The monoisotopic (exact) mass is 533 g/mol. The van der Waals surface area contributed by atoms with Gasteiger partial charge in [-0.25, -0.2) is 4.79 Å². The lowest BCUT2D eigenvalue weighted by Crippen LogP contribution is -2.33. The summed E-state index contributed by atoms with van der Waals surface area (Å²) >= 11 is 6.07. The minimum atomic E-state index is -0.828. The zero-order chi connectivity index (χ0) is 27.1. The summed E-state index contributed by atoms with van der Waals surface area (Å²) in [5.41, 5.74) is 4.80. The van der Waals surface area contributed by atoms with Gasteiger partial charge < -0.3 is 19.8 Å². The molecule has 1 unspecified atom stereocenters. The Kier molecular flexibility index (Phi) is 9.34. The molecule has 2 atom stereocenters. The molecule has 1 aliphatic rings. The summed E-state index contributed by atoms with van der Waals surface area (Å²) in [4.78, 5) is 26.0. The first-order chi connectivity index (χ1) is 18.4. The molecule has 1 saturated heterocycles. The second kappa shape index (κ2) is 12.9. The Morgan fingerprint density at radius 1 is 1.16 bits per heavy atom. The normalized spacial score (nSPS) is 16.3. The van der Waals surface area contributed by atoms with E-state index in [4.69, 9.17) is 16.3 Å². The molecule has 3 aromatic carbocycles. The number of methoxy groups -OCH3 is 1. The first kappa shape index (κ1) is 27.6. The number of carbonyl (C=O) groups is 2. The van der Waals surface area contributed by atoms with E-state index < -0.39 is 6.10 Å². The molecule has 0 saturated carbocycles. The number of aliphatic hydroxyl groups excluding tert-OH is 2. The van der Waals surface area contributed by atoms with Crippen LogP contribution >= 0.6 is 11.6 Å². The fraction of sp³-hybridized carbons (Fsp3) is 0.290. The fourth-order valence-corrected chi connectivity index (χ4v) is 5.03. The molecule has 0 aromatic heterocycles. The molecule has 0 spiro atoms. The van der Waals surface area contributed by atoms with Crippen molar-refractivity contribution in [2.75, 3.05) is 13.7 Å². The molecule has 1 fully saturated rings. The Bertz CT molecular complexity index is 1300. The molecule has 198 valence electrons. The van der Waals surface area contributed by atoms with Crippen molar-refractivity contribution in [2.24, 2.45) is 0 Å². The van der Waals surface area contributed by atoms with Gasteiger partial charge in [-0.15, -0.1) is 0 Å². The Balaban J connectivity index is 1.38. The molecule has 1 amide bonds. The smallest absolute Gasteiger partial charge is 0.337 e. The van der Waals surface area contributed by atoms with Gasteiger partial charge in [0.05, 0.1) is 31.4 Å². The van der Waals surface area contributed by atoms with Crippen molar-refractivity contribution in [3.8, 4) is 11.1 Å². The molecular weight excluding hydrogens is 502 g/mol. The Morgan fingerprint density at radius 3 is 2.68 bits per heavy atom. The number of halogens is 1. The quantitative estimate of drug-likeness (QED) is 0.265. The Morgan fingerprint density at radius 2 is 1.95 bits per heavy atom. The van der Waals surface area contributed by atoms with E-state index in [1.807, 2.05) is 53.4 Å². The topological polar surface area (TPSA) is 87.1 Å². The van der Waals surface area contributed by atoms with E-state index in [1.54, 1.807) is 30.3 Å². The van der Waals surface area contributed by atoms with Gasteiger partial charge in [0.2, 0.25) is 5.91 Å². The number of carbonyl (C=O) groups excluding carboxylic acids is 2. The van der Waals surface area contributed by atoms with Crippen molar-refractivity contribution in [3.05, 3.63) is 106 Å². The van der Waals surface area contributed by atoms with Gasteiger partial charge in [-0.3, -0.25) is 4.79 Å². The molecule has 38 heavy (non-hydrogen) atoms. The zero-order valence-electron chi connectivity index (χ0n) is 21.3. The highest BCUT2D eigenvalue weighted by Crippen LogP contribution is 2.29. The van der Waals surface area contributed by atoms with Crippen molar-refractivity contribution < 1.29 is 24.5 Å². The van der Waals surface area contributed by atoms with Gasteiger partial charge >= 0.3 is 5.97 Å². The first-order valence-electron chi connectivity index (χ1n) is 12.7. The van der Waals surface area contributed by atoms with E-state index in [9.17, 15) is 19.8 Å². The van der Waals surface area contributed by atoms with Crippen molar-refractivity contribution in [1.82, 2.24) is 4.90 Å². The largest absolute Gasteiger partial charge is 0.465 e. The number of nitrogens with zero attached hydrogens (tertiary/aromatic N) is 1. The predicted octanol–water partition coefficient (Wildman–Crippen LogP) is 5.50. The van der Waals surface area contributed by atoms with Crippen molar-refractivity contribution >= 4 is 23.5 Å². The highest BCUT2D eigenvalue weighted by molar-refractivity contribution is 6.30. The summed E-state index contributed by atoms with van der Waals surface area (Å²) < 4.78 is 4.73. The third kappa shape index (κ3) is 6.70. The van der Waals surface area contributed by atoms with Gasteiger partial charge in [-0.05, 0) is 77.4 Å². The Labute approximate surface area is 228 Å². The number of likely N-dealkylation sites (tertiary alicyclic amines) is 1. The zero-order valence-corrected chi connectivity index (χ0v) is 22.1. The second-order valence-corrected chi connectivity index (χ2v) is 9.84. The van der Waals surface area contributed by atoms with Crippen LogP contribution in [0.25, 0.3) is 11.1 Å². The molecule has 1 heterocycles. The van der Waals surface area contributed by atoms with Crippen LogP contribution in [0.15, 0.2) is 78.9 Å². The number of amides is 1. The number of hydrogen-bond acceptors (Lipinski definition) is 5. The minimum Gasteiger partial charge on any atom is -0.465 e. The summed E-state index contributed by atoms with van der Waals surface area (Å²) in [5, 5.41) is 21.2. The number of rotatable bonds is 10. The maximum atomic E-state index is 12.5. The van der Waals surface area contributed by atoms with E-state index in [-0.39, 0.29) is 24.5 Å². The van der Waals surface area contributed by atoms with Crippen LogP contribution in [0, 0.1) is 0 Å². The molecule has 4 rings (SSSR count). The predicted molar refractivity (Wildman–Crippen MR) is 148 cm³/mol. The maximum Gasteiger partial charge on any atom is 0.337 e. The van der Waals surface area contributed by atoms with Crippen LogP contribution in [-0.4, -0.2) is 46.7 Å². The van der Waals surface area contributed by atoms with E-state index in [2.05, 4.69) is 0 Å². The number of benzene rings is 3. The van der Waals surface area contributed by atoms with Crippen molar-refractivity contribution in [2.45, 2.75) is 44.4 Å². The lowest BCUT2D eigenvalue weighted by molar-refractivity contribution is -0.128. The summed E-state index contributed by atoms with van der Waals surface area (Å²) in [6.45, 7) is 0.492. The first-order valence-corrected chi connectivity index (χ1v) is 13.1. The van der Waals surface area contributed by atoms with E-state index in [1.165, 1.54) is 7.11 Å². The van der Waals surface area contributed by atoms with Crippen LogP contribution in [0.3, 0.4) is 0 Å². The SMILES string of the molecule is COC(=O)c1ccc(CCCN2C(=O)CC[C@@H]2/C=C/C(O)c2cccc(-c3ccc(Cl)cc3CO)c2)cc1. The van der Waals surface area contributed by atoms with E-state index in [0.29, 0.717) is 23.6 Å². The van der Waals surface area contributed by atoms with Crippen LogP contribution < -0.4 is 0 Å². The summed E-state index contributed by atoms with van der Waals surface area (Å²) in [5.74, 6) is -0.237. The summed E-state index contributed by atoms with van der Waals surface area (Å²) in [7, 11) is 1.36. The number of ether oxygens (including phenoxy) is 1. The molecular formula is C31H32ClNO5. The summed E-state index contributed by atoms with van der Waals surface area (Å²) in [6.07, 6.45) is 5.65. The van der Waals surface area contributed by atoms with Gasteiger partial charge in [-0.1, -0.05) is 60.2 Å². The molecule has 0 radical (unpaired) electrons. The van der Waals surface area contributed by atoms with Gasteiger partial charge in [0.25, 0.3) is 0 Å². The van der Waals surface area contributed by atoms with Crippen LogP contribution in [-0.2, 0) is 22.6 Å². The van der Waals surface area contributed by atoms with Gasteiger partial charge in [0.15, 0.2) is 0 Å². The van der Waals surface area contributed by atoms with Crippen LogP contribution in [0.2, 0.25) is 5.02 Å². The van der Waals surface area contributed by atoms with Gasteiger partial charge in [-0.2, -0.15) is 0 Å². The van der Waals surface area contributed by atoms with Crippen LogP contribution in [0.1, 0.15) is 52.4 Å². The standard InChI is InChI=1S/C31H32ClNO5/c1-38-31(37)22-9-7-21(8-10-22)4-3-17-33-27(13-16-30(33)36)12-15-29(35)24-6-2-5-23(18-24)28-14-11-26(32)19-25(28)20-34/h2,5-12,14-15,18-19,27,29,34-35H,3-4,13,16-17,20H2,1H3/b15-12+/t27-,29?/m0/s1. The van der Waals surface area contributed by atoms with Gasteiger partial charge in [0.1, 0.15) is 0 Å². The number of esters is 1. The number of aliphatic hydroxyl groups is 2. The molecule has 3 aromatic rings. The molecule has 6 nitrogen and oxygen atoms in total. The molecule has 0 aliphatic carbocycles. The van der Waals surface area contributed by atoms with E-state index >= 15 is 0 Å². The fourth-order valence-electron chi connectivity index (χ4n) is 4.83. The lowest BCUT2D eigenvalue weighted by Gasteiger charge is -2.23. The summed E-state index contributed by atoms with van der Waals surface area (Å²) in [6, 6.07) is 20.2. The highest BCUT2D eigenvalue weighted by Gasteiger charge is 2.28. The minimum absolute atomic E-state index is 0.0562. The van der Waals surface area contributed by atoms with Gasteiger partial charge in [0, 0.05) is 18.0 Å². The number of hydrogen-bond donors (Lipinski definition) is 2. The molecule has 2 N–H and O–H groups in total. The molecule has 7 heteroatoms. The molecule has 1 aliphatic heterocycles. The van der Waals surface area contributed by atoms with E-state index in [0.717, 1.165) is 47.1 Å². The van der Waals surface area contributed by atoms with Crippen LogP contribution in [0.5, 0.6) is 0 Å². The Hall–Kier alpha value is -3.45. The highest BCUT2D eigenvalue weighted by atomic mass is 35.5. The average Bonchev–Trinajstić information content (AvgIpc) is 3.30. The lowest BCUT2D eigenvalue weighted by atomic mass is 9.96. The third-order valence-corrected chi connectivity index (χ3v) is 7.14. The second-order valence-electron chi connectivity index (χ2n) is 9.40. The van der Waals surface area contributed by atoms with Crippen LogP contribution in [0.4, 0.5) is 0 Å². The molecule has 0 bridgehead atoms. The maximum absolute atomic E-state index is 12.5. The van der Waals surface area contributed by atoms with Crippen molar-refractivity contribution in [1.29, 1.82) is 0 Å². The number of aryl methyl sites for hydroxylation is 1. The van der Waals surface area contributed by atoms with Crippen molar-refractivity contribution in [3.63, 3.8) is 0 Å². The third-order valence-electron chi connectivity index (χ3n) is 6.91.